The molecule has 0 radical (unpaired) electrons. The monoisotopic (exact) mass is 446 g/mol. The fourth-order valence-corrected chi connectivity index (χ4v) is 7.69. The van der Waals surface area contributed by atoms with Crippen LogP contribution in [0, 0.1) is 16.5 Å². The smallest absolute Gasteiger partial charge is 0.253 e. The minimum absolute atomic E-state index is 0.0105. The highest BCUT2D eigenvalue weighted by atomic mass is 16.5. The van der Waals surface area contributed by atoms with Crippen LogP contribution < -0.4 is 15.1 Å². The van der Waals surface area contributed by atoms with Gasteiger partial charge in [0.15, 0.2) is 0 Å². The number of hydrogen-bond donors (Lipinski definition) is 1. The molecule has 1 aliphatic carbocycles. The molecular weight excluding hydrogens is 418 g/mol. The van der Waals surface area contributed by atoms with Gasteiger partial charge in [0.25, 0.3) is 5.91 Å². The Morgan fingerprint density at radius 2 is 1.97 bits per heavy atom. The zero-order valence-electron chi connectivity index (χ0n) is 19.4. The second-order valence-corrected chi connectivity index (χ2v) is 11.7. The van der Waals surface area contributed by atoms with E-state index in [2.05, 4.69) is 19.2 Å². The van der Waals surface area contributed by atoms with Crippen molar-refractivity contribution in [2.24, 2.45) is 11.3 Å². The SMILES string of the molecule is CC1(C)C=Cc2c(ccc3c2N([O-])C2C3=C[C@@]34NC(=O)[C@]5(CCCN5C3=O)C[C@@H]4C2(C)C)O1. The second kappa shape index (κ2) is 5.46. The summed E-state index contributed by atoms with van der Waals surface area (Å²) in [4.78, 5) is 29.0. The Kier molecular flexibility index (Phi) is 3.25. The van der Waals surface area contributed by atoms with E-state index in [0.717, 1.165) is 28.2 Å². The summed E-state index contributed by atoms with van der Waals surface area (Å²) in [6.45, 7) is 8.78. The molecule has 1 aromatic carbocycles. The molecule has 172 valence electrons. The maximum Gasteiger partial charge on any atom is 0.253 e. The molecular formula is C26H28N3O4-. The second-order valence-electron chi connectivity index (χ2n) is 11.7. The van der Waals surface area contributed by atoms with Crippen molar-refractivity contribution in [2.45, 2.75) is 69.7 Å². The number of anilines is 1. The van der Waals surface area contributed by atoms with Crippen LogP contribution in [0.4, 0.5) is 5.69 Å². The van der Waals surface area contributed by atoms with E-state index in [1.54, 1.807) is 0 Å². The topological polar surface area (TPSA) is 84.9 Å². The number of fused-ring (bicyclic) bond motifs is 6. The van der Waals surface area contributed by atoms with Crippen molar-refractivity contribution in [1.82, 2.24) is 10.2 Å². The van der Waals surface area contributed by atoms with Crippen LogP contribution in [0.3, 0.4) is 0 Å². The molecule has 0 aromatic heterocycles. The van der Waals surface area contributed by atoms with Gasteiger partial charge >= 0.3 is 0 Å². The number of carbonyl (C=O) groups is 2. The average Bonchev–Trinajstić information content (AvgIpc) is 3.29. The van der Waals surface area contributed by atoms with Crippen LogP contribution in [-0.4, -0.2) is 46.0 Å². The minimum Gasteiger partial charge on any atom is -0.758 e. The number of piperidine rings is 2. The third-order valence-corrected chi connectivity index (χ3v) is 9.17. The van der Waals surface area contributed by atoms with Crippen molar-refractivity contribution in [3.63, 3.8) is 0 Å². The lowest BCUT2D eigenvalue weighted by Gasteiger charge is -2.65. The maximum atomic E-state index is 13.9. The number of rotatable bonds is 0. The van der Waals surface area contributed by atoms with Crippen LogP contribution in [0.1, 0.15) is 58.1 Å². The molecule has 4 fully saturated rings. The predicted molar refractivity (Wildman–Crippen MR) is 124 cm³/mol. The molecule has 6 aliphatic heterocycles. The van der Waals surface area contributed by atoms with Crippen LogP contribution in [0.15, 0.2) is 24.3 Å². The molecule has 2 bridgehead atoms. The summed E-state index contributed by atoms with van der Waals surface area (Å²) in [5.74, 6) is 0.497. The van der Waals surface area contributed by atoms with E-state index in [4.69, 9.17) is 4.74 Å². The van der Waals surface area contributed by atoms with Crippen molar-refractivity contribution in [2.75, 3.05) is 11.6 Å². The number of hydrogen-bond acceptors (Lipinski definition) is 5. The Labute approximate surface area is 193 Å². The highest BCUT2D eigenvalue weighted by molar-refractivity contribution is 6.09. The first-order valence-corrected chi connectivity index (χ1v) is 11.9. The minimum atomic E-state index is -1.09. The number of nitrogens with one attached hydrogen (secondary N) is 1. The molecule has 4 atom stereocenters. The summed E-state index contributed by atoms with van der Waals surface area (Å²) < 4.78 is 6.13. The van der Waals surface area contributed by atoms with Gasteiger partial charge in [-0.05, 0) is 74.5 Å². The molecule has 4 saturated heterocycles. The van der Waals surface area contributed by atoms with Crippen LogP contribution >= 0.6 is 0 Å². The van der Waals surface area contributed by atoms with Gasteiger partial charge in [-0.2, -0.15) is 0 Å². The Morgan fingerprint density at radius 3 is 2.76 bits per heavy atom. The largest absolute Gasteiger partial charge is 0.758 e. The van der Waals surface area contributed by atoms with Crippen LogP contribution in [0.2, 0.25) is 0 Å². The molecule has 1 unspecified atom stereocenters. The van der Waals surface area contributed by atoms with Gasteiger partial charge in [0, 0.05) is 35.3 Å². The van der Waals surface area contributed by atoms with Crippen molar-refractivity contribution < 1.29 is 14.3 Å². The Bertz CT molecular complexity index is 1230. The van der Waals surface area contributed by atoms with E-state index >= 15 is 0 Å². The third-order valence-electron chi connectivity index (χ3n) is 9.17. The number of carbonyl (C=O) groups excluding carboxylic acids is 2. The zero-order valence-corrected chi connectivity index (χ0v) is 19.4. The first kappa shape index (κ1) is 19.6. The summed E-state index contributed by atoms with van der Waals surface area (Å²) >= 11 is 0. The fraction of sp³-hybridized carbons (Fsp3) is 0.538. The number of benzene rings is 1. The van der Waals surface area contributed by atoms with E-state index in [-0.39, 0.29) is 17.7 Å². The van der Waals surface area contributed by atoms with Gasteiger partial charge in [-0.1, -0.05) is 13.8 Å². The fourth-order valence-electron chi connectivity index (χ4n) is 7.69. The van der Waals surface area contributed by atoms with E-state index in [1.807, 2.05) is 49.1 Å². The Morgan fingerprint density at radius 1 is 1.18 bits per heavy atom. The normalized spacial score (nSPS) is 38.0. The number of nitrogens with zero attached hydrogens (tertiary/aromatic N) is 2. The summed E-state index contributed by atoms with van der Waals surface area (Å²) in [7, 11) is 0. The van der Waals surface area contributed by atoms with Gasteiger partial charge in [0.2, 0.25) is 5.91 Å². The first-order chi connectivity index (χ1) is 15.5. The molecule has 2 spiro atoms. The van der Waals surface area contributed by atoms with Gasteiger partial charge in [0.1, 0.15) is 22.4 Å². The van der Waals surface area contributed by atoms with E-state index in [9.17, 15) is 14.8 Å². The predicted octanol–water partition coefficient (Wildman–Crippen LogP) is 3.23. The number of ether oxygens (including phenoxy) is 1. The molecule has 0 saturated carbocycles. The van der Waals surface area contributed by atoms with Crippen molar-refractivity contribution in [3.05, 3.63) is 40.6 Å². The van der Waals surface area contributed by atoms with Gasteiger partial charge < -0.3 is 25.2 Å². The molecule has 8 rings (SSSR count). The Balaban J connectivity index is 1.46. The third kappa shape index (κ3) is 2.03. The molecule has 7 nitrogen and oxygen atoms in total. The van der Waals surface area contributed by atoms with Crippen LogP contribution in [-0.2, 0) is 9.59 Å². The average molecular weight is 447 g/mol. The molecule has 33 heavy (non-hydrogen) atoms. The number of amides is 2. The Hall–Kier alpha value is -2.80. The number of piperazine rings is 1. The summed E-state index contributed by atoms with van der Waals surface area (Å²) in [5.41, 5.74) is 0.239. The molecule has 1 aromatic rings. The highest BCUT2D eigenvalue weighted by Gasteiger charge is 2.73. The van der Waals surface area contributed by atoms with E-state index in [1.165, 1.54) is 0 Å². The highest BCUT2D eigenvalue weighted by Crippen LogP contribution is 2.63. The summed E-state index contributed by atoms with van der Waals surface area (Å²) in [5, 5.41) is 18.2. The zero-order chi connectivity index (χ0) is 23.1. The lowest BCUT2D eigenvalue weighted by Crippen LogP contribution is -2.83. The number of hydroxylamine groups is 1. The summed E-state index contributed by atoms with van der Waals surface area (Å²) in [6.07, 6.45) is 8.02. The van der Waals surface area contributed by atoms with E-state index < -0.39 is 28.1 Å². The van der Waals surface area contributed by atoms with Crippen molar-refractivity contribution in [1.29, 1.82) is 0 Å². The quantitative estimate of drug-likeness (QED) is 0.661. The van der Waals surface area contributed by atoms with Gasteiger partial charge in [0.05, 0.1) is 0 Å². The van der Waals surface area contributed by atoms with Gasteiger partial charge in [-0.25, -0.2) is 0 Å². The van der Waals surface area contributed by atoms with Crippen LogP contribution in [0.5, 0.6) is 5.75 Å². The first-order valence-electron chi connectivity index (χ1n) is 11.9. The standard InChI is InChI=1S/C26H28N3O4/c1-23(2)10-8-15-17(33-23)7-6-14-16-12-26-18(24(3,4)20(16)29(32)19(14)15)13-25(21(30)27-26)9-5-11-28(25)22(26)31/h6-8,10,12,18,20H,5,9,11,13H2,1-4H3,(H,27,30)/q-1/t18-,20?,25+,26+/m1/s1. The van der Waals surface area contributed by atoms with E-state index in [0.29, 0.717) is 30.8 Å². The lowest BCUT2D eigenvalue weighted by atomic mass is 9.51. The summed E-state index contributed by atoms with van der Waals surface area (Å²) in [6, 6.07) is 3.43. The van der Waals surface area contributed by atoms with Gasteiger partial charge in [-0.3, -0.25) is 9.59 Å². The molecule has 7 aliphatic rings. The molecule has 7 heteroatoms. The van der Waals surface area contributed by atoms with Crippen molar-refractivity contribution in [3.8, 4) is 5.75 Å². The van der Waals surface area contributed by atoms with Gasteiger partial charge in [-0.15, -0.1) is 0 Å². The van der Waals surface area contributed by atoms with Crippen molar-refractivity contribution >= 4 is 29.2 Å². The molecule has 6 heterocycles. The van der Waals surface area contributed by atoms with Crippen LogP contribution in [0.25, 0.3) is 11.6 Å². The maximum absolute atomic E-state index is 13.9. The molecule has 1 N–H and O–H groups in total. The lowest BCUT2D eigenvalue weighted by molar-refractivity contribution is -0.177. The molecule has 2 amide bonds.